The Morgan fingerprint density at radius 2 is 1.74 bits per heavy atom. The number of fused-ring (bicyclic) bond motifs is 1. The lowest BCUT2D eigenvalue weighted by molar-refractivity contribution is -0.142. The molecule has 0 bridgehead atoms. The summed E-state index contributed by atoms with van der Waals surface area (Å²) in [5.74, 6) is -1.51. The fraction of sp³-hybridized carbons (Fsp3) is 0.304. The Kier molecular flexibility index (Phi) is 6.39. The topological polar surface area (TPSA) is 96.0 Å². The van der Waals surface area contributed by atoms with Crippen molar-refractivity contribution in [2.75, 3.05) is 34.8 Å². The summed E-state index contributed by atoms with van der Waals surface area (Å²) < 4.78 is 5.00. The van der Waals surface area contributed by atoms with Crippen molar-refractivity contribution in [3.8, 4) is 0 Å². The summed E-state index contributed by atoms with van der Waals surface area (Å²) in [6.07, 6.45) is 0. The molecule has 1 heterocycles. The minimum absolute atomic E-state index is 0.210. The number of rotatable bonds is 5. The summed E-state index contributed by atoms with van der Waals surface area (Å²) in [7, 11) is 0. The lowest BCUT2D eigenvalue weighted by atomic mass is 10.0. The summed E-state index contributed by atoms with van der Waals surface area (Å²) in [5.41, 5.74) is 3.74. The summed E-state index contributed by atoms with van der Waals surface area (Å²) in [6, 6.07) is 10.2. The van der Waals surface area contributed by atoms with E-state index in [0.717, 1.165) is 11.1 Å². The highest BCUT2D eigenvalue weighted by atomic mass is 16.5. The highest BCUT2D eigenvalue weighted by Gasteiger charge is 2.34. The molecule has 8 nitrogen and oxygen atoms in total. The van der Waals surface area contributed by atoms with Gasteiger partial charge in [0.25, 0.3) is 5.91 Å². The lowest BCUT2D eigenvalue weighted by Gasteiger charge is -2.36. The molecule has 3 amide bonds. The molecule has 3 rings (SSSR count). The molecule has 0 aliphatic carbocycles. The van der Waals surface area contributed by atoms with Gasteiger partial charge in [0.05, 0.1) is 18.0 Å². The van der Waals surface area contributed by atoms with E-state index in [0.29, 0.717) is 22.6 Å². The van der Waals surface area contributed by atoms with Gasteiger partial charge < -0.3 is 10.1 Å². The molecule has 0 aromatic heterocycles. The van der Waals surface area contributed by atoms with E-state index in [1.54, 1.807) is 37.3 Å². The predicted octanol–water partition coefficient (Wildman–Crippen LogP) is 2.82. The fourth-order valence-corrected chi connectivity index (χ4v) is 3.44. The van der Waals surface area contributed by atoms with Crippen LogP contribution in [0.2, 0.25) is 0 Å². The second kappa shape index (κ2) is 8.99. The van der Waals surface area contributed by atoms with Crippen LogP contribution in [0.4, 0.5) is 17.1 Å². The van der Waals surface area contributed by atoms with Gasteiger partial charge in [-0.05, 0) is 62.2 Å². The number of hydrogen-bond donors (Lipinski definition) is 1. The number of esters is 1. The van der Waals surface area contributed by atoms with Crippen LogP contribution in [0, 0.1) is 13.8 Å². The molecule has 0 unspecified atom stereocenters. The van der Waals surface area contributed by atoms with E-state index in [-0.39, 0.29) is 37.4 Å². The van der Waals surface area contributed by atoms with Crippen molar-refractivity contribution in [2.24, 2.45) is 0 Å². The first-order chi connectivity index (χ1) is 14.7. The van der Waals surface area contributed by atoms with Crippen molar-refractivity contribution in [3.05, 3.63) is 53.1 Å². The van der Waals surface area contributed by atoms with Gasteiger partial charge in [0, 0.05) is 18.2 Å². The van der Waals surface area contributed by atoms with Gasteiger partial charge in [0.1, 0.15) is 13.1 Å². The summed E-state index contributed by atoms with van der Waals surface area (Å²) in [5, 5.41) is 2.65. The highest BCUT2D eigenvalue weighted by Crippen LogP contribution is 2.37. The minimum atomic E-state index is -0.511. The molecule has 0 saturated carbocycles. The van der Waals surface area contributed by atoms with Gasteiger partial charge in [-0.2, -0.15) is 0 Å². The number of anilines is 3. The third-order valence-electron chi connectivity index (χ3n) is 5.03. The zero-order valence-corrected chi connectivity index (χ0v) is 18.0. The Balaban J connectivity index is 2.01. The molecule has 0 saturated heterocycles. The molecule has 2 aromatic carbocycles. The van der Waals surface area contributed by atoms with Crippen LogP contribution in [-0.2, 0) is 19.1 Å². The average molecular weight is 423 g/mol. The number of carbonyl (C=O) groups is 4. The summed E-state index contributed by atoms with van der Waals surface area (Å²) >= 11 is 0. The SMILES string of the molecule is CCOC(=O)CN1C(=O)CN(C(=O)c2cccc(NC(C)=O)c2)c2cc(C)c(C)cc21. The van der Waals surface area contributed by atoms with E-state index in [2.05, 4.69) is 5.32 Å². The van der Waals surface area contributed by atoms with Gasteiger partial charge in [0.2, 0.25) is 11.8 Å². The van der Waals surface area contributed by atoms with Crippen molar-refractivity contribution in [2.45, 2.75) is 27.7 Å². The molecule has 2 aromatic rings. The standard InChI is InChI=1S/C23H25N3O5/c1-5-31-22(29)13-25-19-9-14(2)15(3)10-20(19)26(12-21(25)28)23(30)17-7-6-8-18(11-17)24-16(4)27/h6-11H,5,12-13H2,1-4H3,(H,24,27). The number of carbonyl (C=O) groups excluding carboxylic acids is 4. The minimum Gasteiger partial charge on any atom is -0.465 e. The molecule has 0 spiro atoms. The monoisotopic (exact) mass is 423 g/mol. The van der Waals surface area contributed by atoms with E-state index in [1.807, 2.05) is 19.9 Å². The zero-order chi connectivity index (χ0) is 22.7. The second-order valence-corrected chi connectivity index (χ2v) is 7.36. The van der Waals surface area contributed by atoms with Crippen molar-refractivity contribution in [3.63, 3.8) is 0 Å². The summed E-state index contributed by atoms with van der Waals surface area (Å²) in [6.45, 7) is 6.70. The number of benzene rings is 2. The zero-order valence-electron chi connectivity index (χ0n) is 18.0. The Bertz CT molecular complexity index is 1060. The maximum atomic E-state index is 13.3. The predicted molar refractivity (Wildman–Crippen MR) is 117 cm³/mol. The van der Waals surface area contributed by atoms with Gasteiger partial charge in [-0.15, -0.1) is 0 Å². The van der Waals surface area contributed by atoms with E-state index in [9.17, 15) is 19.2 Å². The van der Waals surface area contributed by atoms with Crippen molar-refractivity contribution < 1.29 is 23.9 Å². The first-order valence-corrected chi connectivity index (χ1v) is 9.98. The molecule has 0 radical (unpaired) electrons. The molecule has 1 N–H and O–H groups in total. The van der Waals surface area contributed by atoms with Gasteiger partial charge >= 0.3 is 5.97 Å². The maximum Gasteiger partial charge on any atom is 0.326 e. The Morgan fingerprint density at radius 3 is 2.39 bits per heavy atom. The van der Waals surface area contributed by atoms with Gasteiger partial charge in [-0.25, -0.2) is 0 Å². The third kappa shape index (κ3) is 4.74. The molecule has 31 heavy (non-hydrogen) atoms. The Hall–Kier alpha value is -3.68. The highest BCUT2D eigenvalue weighted by molar-refractivity contribution is 6.17. The van der Waals surface area contributed by atoms with Gasteiger partial charge in [0.15, 0.2) is 0 Å². The normalized spacial score (nSPS) is 13.0. The first-order valence-electron chi connectivity index (χ1n) is 9.98. The summed E-state index contributed by atoms with van der Waals surface area (Å²) in [4.78, 5) is 52.4. The van der Waals surface area contributed by atoms with Crippen molar-refractivity contribution in [1.82, 2.24) is 0 Å². The quantitative estimate of drug-likeness (QED) is 0.746. The maximum absolute atomic E-state index is 13.3. The van der Waals surface area contributed by atoms with E-state index < -0.39 is 5.97 Å². The van der Waals surface area contributed by atoms with Crippen LogP contribution < -0.4 is 15.1 Å². The van der Waals surface area contributed by atoms with Crippen LogP contribution in [0.5, 0.6) is 0 Å². The fourth-order valence-electron chi connectivity index (χ4n) is 3.44. The number of nitrogens with one attached hydrogen (secondary N) is 1. The number of amides is 3. The Labute approximate surface area is 180 Å². The number of nitrogens with zero attached hydrogens (tertiary/aromatic N) is 2. The van der Waals surface area contributed by atoms with Crippen molar-refractivity contribution in [1.29, 1.82) is 0 Å². The second-order valence-electron chi connectivity index (χ2n) is 7.36. The average Bonchev–Trinajstić information content (AvgIpc) is 2.71. The van der Waals surface area contributed by atoms with E-state index >= 15 is 0 Å². The van der Waals surface area contributed by atoms with Crippen LogP contribution in [-0.4, -0.2) is 43.4 Å². The van der Waals surface area contributed by atoms with Crippen molar-refractivity contribution >= 4 is 40.8 Å². The Morgan fingerprint density at radius 1 is 1.06 bits per heavy atom. The number of aryl methyl sites for hydroxylation is 2. The van der Waals surface area contributed by atoms with Crippen LogP contribution >= 0.6 is 0 Å². The molecular formula is C23H25N3O5. The van der Waals surface area contributed by atoms with Crippen LogP contribution in [0.3, 0.4) is 0 Å². The molecule has 0 fully saturated rings. The van der Waals surface area contributed by atoms with Gasteiger partial charge in [-0.3, -0.25) is 29.0 Å². The third-order valence-corrected chi connectivity index (χ3v) is 5.03. The van der Waals surface area contributed by atoms with Gasteiger partial charge in [-0.1, -0.05) is 6.07 Å². The molecule has 1 aliphatic rings. The number of ether oxygens (including phenoxy) is 1. The molecule has 162 valence electrons. The number of hydrogen-bond acceptors (Lipinski definition) is 5. The lowest BCUT2D eigenvalue weighted by Crippen LogP contribution is -2.50. The van der Waals surface area contributed by atoms with E-state index in [4.69, 9.17) is 4.74 Å². The smallest absolute Gasteiger partial charge is 0.326 e. The molecule has 0 atom stereocenters. The van der Waals surface area contributed by atoms with Crippen LogP contribution in [0.1, 0.15) is 35.3 Å². The van der Waals surface area contributed by atoms with Crippen LogP contribution in [0.15, 0.2) is 36.4 Å². The molecular weight excluding hydrogens is 398 g/mol. The van der Waals surface area contributed by atoms with Crippen LogP contribution in [0.25, 0.3) is 0 Å². The molecule has 1 aliphatic heterocycles. The first kappa shape index (κ1) is 22.0. The van der Waals surface area contributed by atoms with E-state index in [1.165, 1.54) is 16.7 Å². The molecule has 8 heteroatoms. The largest absolute Gasteiger partial charge is 0.465 e.